The maximum Gasteiger partial charge on any atom is 0.272 e. The first-order chi connectivity index (χ1) is 13.1. The number of halogens is 1. The van der Waals surface area contributed by atoms with Crippen molar-refractivity contribution < 1.29 is 9.59 Å². The van der Waals surface area contributed by atoms with Crippen LogP contribution >= 0.6 is 11.6 Å². The summed E-state index contributed by atoms with van der Waals surface area (Å²) in [5.41, 5.74) is 8.08. The van der Waals surface area contributed by atoms with Gasteiger partial charge in [-0.05, 0) is 36.6 Å². The molecule has 3 aromatic rings. The summed E-state index contributed by atoms with van der Waals surface area (Å²) in [6.45, 7) is 1.51. The van der Waals surface area contributed by atoms with E-state index < -0.39 is 5.91 Å². The van der Waals surface area contributed by atoms with Crippen molar-refractivity contribution in [3.8, 4) is 5.69 Å². The van der Waals surface area contributed by atoms with Crippen molar-refractivity contribution in [2.75, 3.05) is 13.1 Å². The Morgan fingerprint density at radius 2 is 1.67 bits per heavy atom. The van der Waals surface area contributed by atoms with Gasteiger partial charge >= 0.3 is 0 Å². The number of rotatable bonds is 4. The maximum atomic E-state index is 13.2. The van der Waals surface area contributed by atoms with Gasteiger partial charge in [-0.1, -0.05) is 41.9 Å². The maximum absolute atomic E-state index is 13.2. The van der Waals surface area contributed by atoms with Gasteiger partial charge < -0.3 is 15.2 Å². The number of carbonyl (C=O) groups is 2. The molecule has 0 saturated carbocycles. The molecule has 1 aliphatic heterocycles. The quantitative estimate of drug-likeness (QED) is 0.751. The van der Waals surface area contributed by atoms with Crippen molar-refractivity contribution in [3.05, 3.63) is 71.2 Å². The molecule has 0 aliphatic carbocycles. The van der Waals surface area contributed by atoms with E-state index in [9.17, 15) is 9.59 Å². The van der Waals surface area contributed by atoms with Gasteiger partial charge in [-0.3, -0.25) is 9.59 Å². The highest BCUT2D eigenvalue weighted by atomic mass is 35.5. The molecule has 1 aromatic heterocycles. The molecule has 2 amide bonds. The van der Waals surface area contributed by atoms with Crippen LogP contribution in [0.15, 0.2) is 48.5 Å². The van der Waals surface area contributed by atoms with Crippen LogP contribution in [0.25, 0.3) is 16.6 Å². The lowest BCUT2D eigenvalue weighted by Gasteiger charge is -2.18. The third-order valence-corrected chi connectivity index (χ3v) is 5.25. The van der Waals surface area contributed by atoms with E-state index in [0.29, 0.717) is 16.3 Å². The molecule has 1 fully saturated rings. The van der Waals surface area contributed by atoms with E-state index in [1.807, 2.05) is 45.9 Å². The zero-order valence-corrected chi connectivity index (χ0v) is 15.4. The van der Waals surface area contributed by atoms with Crippen LogP contribution in [0.3, 0.4) is 0 Å². The number of benzene rings is 2. The van der Waals surface area contributed by atoms with Crippen molar-refractivity contribution in [2.24, 2.45) is 5.73 Å². The zero-order valence-electron chi connectivity index (χ0n) is 14.7. The van der Waals surface area contributed by atoms with Crippen molar-refractivity contribution in [1.82, 2.24) is 9.47 Å². The lowest BCUT2D eigenvalue weighted by Crippen LogP contribution is -2.29. The number of hydrogen-bond acceptors (Lipinski definition) is 2. The third kappa shape index (κ3) is 3.19. The van der Waals surface area contributed by atoms with Crippen molar-refractivity contribution in [3.63, 3.8) is 0 Å². The van der Waals surface area contributed by atoms with Crippen molar-refractivity contribution in [1.29, 1.82) is 0 Å². The molecular weight excluding hydrogens is 362 g/mol. The molecule has 2 aromatic carbocycles. The molecule has 0 bridgehead atoms. The molecule has 6 heteroatoms. The van der Waals surface area contributed by atoms with Crippen LogP contribution in [0.1, 0.15) is 28.9 Å². The second-order valence-corrected chi connectivity index (χ2v) is 7.03. The van der Waals surface area contributed by atoms with E-state index in [1.165, 1.54) is 6.42 Å². The van der Waals surface area contributed by atoms with E-state index in [4.69, 9.17) is 17.3 Å². The number of aromatic nitrogens is 1. The number of carbonyl (C=O) groups excluding carboxylic acids is 2. The van der Waals surface area contributed by atoms with Gasteiger partial charge in [-0.15, -0.1) is 0 Å². The number of nitrogens with two attached hydrogens (primary N) is 1. The molecule has 0 spiro atoms. The summed E-state index contributed by atoms with van der Waals surface area (Å²) in [6.07, 6.45) is 3.39. The van der Waals surface area contributed by atoms with Crippen LogP contribution < -0.4 is 5.73 Å². The number of hydrogen-bond donors (Lipinski definition) is 1. The van der Waals surface area contributed by atoms with Gasteiger partial charge in [0, 0.05) is 24.2 Å². The van der Waals surface area contributed by atoms with Gasteiger partial charge in [0.15, 0.2) is 0 Å². The van der Waals surface area contributed by atoms with Crippen LogP contribution in [0.5, 0.6) is 0 Å². The first-order valence-corrected chi connectivity index (χ1v) is 9.27. The fourth-order valence-electron chi connectivity index (χ4n) is 3.61. The van der Waals surface area contributed by atoms with E-state index in [-0.39, 0.29) is 5.91 Å². The van der Waals surface area contributed by atoms with E-state index in [0.717, 1.165) is 42.5 Å². The highest BCUT2D eigenvalue weighted by molar-refractivity contribution is 6.39. The second-order valence-electron chi connectivity index (χ2n) is 6.65. The largest absolute Gasteiger partial charge is 0.369 e. The molecule has 0 unspecified atom stereocenters. The Morgan fingerprint density at radius 1 is 1.00 bits per heavy atom. The monoisotopic (exact) mass is 380 g/mol. The summed E-state index contributed by atoms with van der Waals surface area (Å²) in [4.78, 5) is 26.1. The van der Waals surface area contributed by atoms with Gasteiger partial charge in [0.1, 0.15) is 5.69 Å². The number of amides is 2. The predicted octanol–water partition coefficient (Wildman–Crippen LogP) is 3.56. The van der Waals surface area contributed by atoms with Gasteiger partial charge in [-0.2, -0.15) is 0 Å². The standard InChI is InChI=1S/C21H19ClN3O2/c22-19-16-5-1-2-6-17(16)25(20(19)21(27)24-11-3-4-12-24)15-9-7-14(8-10-15)13-18(23)26/h1-2,5-10,13H,3-4,11-12H2,(H2,23,26). The highest BCUT2D eigenvalue weighted by Crippen LogP contribution is 2.34. The smallest absolute Gasteiger partial charge is 0.272 e. The molecular formula is C21H19ClN3O2. The SMILES string of the molecule is NC(=O)[CH]c1ccc(-n2c(C(=O)N3CCCC3)c(Cl)c3ccccc32)cc1. The summed E-state index contributed by atoms with van der Waals surface area (Å²) in [5.74, 6) is -0.552. The first kappa shape index (κ1) is 17.6. The number of para-hydroxylation sites is 1. The molecule has 137 valence electrons. The van der Waals surface area contributed by atoms with Crippen molar-refractivity contribution in [2.45, 2.75) is 12.8 Å². The Kier molecular flexibility index (Phi) is 4.62. The minimum Gasteiger partial charge on any atom is -0.369 e. The number of primary amides is 1. The summed E-state index contributed by atoms with van der Waals surface area (Å²) >= 11 is 6.65. The summed E-state index contributed by atoms with van der Waals surface area (Å²) < 4.78 is 1.90. The average molecular weight is 381 g/mol. The van der Waals surface area contributed by atoms with Crippen LogP contribution in [0.4, 0.5) is 0 Å². The summed E-state index contributed by atoms with van der Waals surface area (Å²) in [5, 5.41) is 1.31. The second kappa shape index (κ2) is 7.08. The van der Waals surface area contributed by atoms with Gasteiger partial charge in [0.25, 0.3) is 5.91 Å². The topological polar surface area (TPSA) is 68.3 Å². The fourth-order valence-corrected chi connectivity index (χ4v) is 3.94. The zero-order chi connectivity index (χ0) is 19.0. The Labute approximate surface area is 162 Å². The molecule has 1 saturated heterocycles. The number of fused-ring (bicyclic) bond motifs is 1. The molecule has 2 N–H and O–H groups in total. The van der Waals surface area contributed by atoms with Crippen LogP contribution in [0.2, 0.25) is 5.02 Å². The predicted molar refractivity (Wildman–Crippen MR) is 106 cm³/mol. The average Bonchev–Trinajstić information content (AvgIpc) is 3.29. The lowest BCUT2D eigenvalue weighted by atomic mass is 10.1. The third-order valence-electron chi connectivity index (χ3n) is 4.87. The Balaban J connectivity index is 1.86. The highest BCUT2D eigenvalue weighted by Gasteiger charge is 2.28. The van der Waals surface area contributed by atoms with Crippen molar-refractivity contribution >= 4 is 34.3 Å². The lowest BCUT2D eigenvalue weighted by molar-refractivity contribution is -0.114. The minimum atomic E-state index is -0.498. The summed E-state index contributed by atoms with van der Waals surface area (Å²) in [7, 11) is 0. The van der Waals surface area contributed by atoms with E-state index >= 15 is 0 Å². The van der Waals surface area contributed by atoms with E-state index in [2.05, 4.69) is 0 Å². The number of likely N-dealkylation sites (tertiary alicyclic amines) is 1. The van der Waals surface area contributed by atoms with E-state index in [1.54, 1.807) is 12.1 Å². The van der Waals surface area contributed by atoms with Gasteiger partial charge in [-0.25, -0.2) is 0 Å². The normalized spacial score (nSPS) is 14.0. The fraction of sp³-hybridized carbons (Fsp3) is 0.190. The van der Waals surface area contributed by atoms with Crippen LogP contribution in [-0.4, -0.2) is 34.4 Å². The molecule has 4 rings (SSSR count). The number of nitrogens with zero attached hydrogens (tertiary/aromatic N) is 2. The molecule has 5 nitrogen and oxygen atoms in total. The Hall–Kier alpha value is -2.79. The molecule has 1 aliphatic rings. The van der Waals surface area contributed by atoms with Gasteiger partial charge in [0.2, 0.25) is 5.91 Å². The summed E-state index contributed by atoms with van der Waals surface area (Å²) in [6, 6.07) is 15.0. The molecule has 27 heavy (non-hydrogen) atoms. The Morgan fingerprint density at radius 3 is 2.33 bits per heavy atom. The minimum absolute atomic E-state index is 0.0542. The van der Waals surface area contributed by atoms with Crippen LogP contribution in [0, 0.1) is 6.42 Å². The molecule has 0 atom stereocenters. The molecule has 2 heterocycles. The Bertz CT molecular complexity index is 1020. The first-order valence-electron chi connectivity index (χ1n) is 8.89. The molecule has 1 radical (unpaired) electrons. The van der Waals surface area contributed by atoms with Gasteiger partial charge in [0.05, 0.1) is 17.0 Å². The van der Waals surface area contributed by atoms with Crippen LogP contribution in [-0.2, 0) is 4.79 Å².